The molecule has 1 saturated heterocycles. The van der Waals surface area contributed by atoms with Crippen LogP contribution in [0, 0.1) is 6.92 Å². The molecule has 1 fully saturated rings. The molecule has 3 heterocycles. The van der Waals surface area contributed by atoms with Crippen molar-refractivity contribution >= 4 is 18.9 Å². The van der Waals surface area contributed by atoms with Crippen molar-refractivity contribution in [1.82, 2.24) is 0 Å². The van der Waals surface area contributed by atoms with Gasteiger partial charge in [-0.1, -0.05) is 43.1 Å². The molecule has 0 unspecified atom stereocenters. The normalized spacial score (nSPS) is 19.0. The Morgan fingerprint density at radius 2 is 1.86 bits per heavy atom. The number of aromatic nitrogens is 1. The number of aryl methyl sites for hydroxylation is 2. The first kappa shape index (κ1) is 14.0. The summed E-state index contributed by atoms with van der Waals surface area (Å²) in [7, 11) is 1.02. The first-order valence-electron chi connectivity index (χ1n) is 8.54. The van der Waals surface area contributed by atoms with Gasteiger partial charge in [0, 0.05) is 29.0 Å². The van der Waals surface area contributed by atoms with Crippen LogP contribution in [-0.4, -0.2) is 14.6 Å². The highest BCUT2D eigenvalue weighted by Crippen LogP contribution is 2.37. The second-order valence-electron chi connectivity index (χ2n) is 7.08. The lowest BCUT2D eigenvalue weighted by atomic mass is 10.0. The number of pyridine rings is 1. The van der Waals surface area contributed by atoms with Gasteiger partial charge in [0.2, 0.25) is 5.69 Å². The number of benzene rings is 1. The molecule has 1 aromatic carbocycles. The summed E-state index contributed by atoms with van der Waals surface area (Å²) in [5.41, 5.74) is 5.45. The molecule has 2 nitrogen and oxygen atoms in total. The average molecular weight is 310 g/mol. The minimum atomic E-state index is -1.19. The van der Waals surface area contributed by atoms with E-state index >= 15 is 0 Å². The maximum Gasteiger partial charge on any atom is 0.214 e. The molecular weight excluding hydrogens is 284 g/mol. The third-order valence-corrected chi connectivity index (χ3v) is 11.1. The summed E-state index contributed by atoms with van der Waals surface area (Å²) in [5, 5.41) is 5.38. The van der Waals surface area contributed by atoms with Crippen LogP contribution in [0.5, 0.6) is 0 Å². The van der Waals surface area contributed by atoms with E-state index in [1.165, 1.54) is 60.0 Å². The van der Waals surface area contributed by atoms with E-state index in [0.717, 1.165) is 0 Å². The fourth-order valence-corrected chi connectivity index (χ4v) is 9.70. The van der Waals surface area contributed by atoms with E-state index < -0.39 is 8.07 Å². The molecule has 1 aromatic heterocycles. The molecule has 0 saturated carbocycles. The van der Waals surface area contributed by atoms with Gasteiger partial charge in [-0.05, 0) is 24.6 Å². The van der Waals surface area contributed by atoms with Gasteiger partial charge in [0.25, 0.3) is 0 Å². The summed E-state index contributed by atoms with van der Waals surface area (Å²) in [5.74, 6) is 0. The fraction of sp³-hybridized carbons (Fsp3) is 0.421. The second kappa shape index (κ2) is 5.23. The molecule has 4 rings (SSSR count). The van der Waals surface area contributed by atoms with Crippen LogP contribution in [0.25, 0.3) is 11.3 Å². The van der Waals surface area contributed by atoms with E-state index in [0.29, 0.717) is 0 Å². The Kier molecular flexibility index (Phi) is 3.33. The fourth-order valence-electron chi connectivity index (χ4n) is 4.49. The van der Waals surface area contributed by atoms with Gasteiger partial charge in [-0.2, -0.15) is 0 Å². The summed E-state index contributed by atoms with van der Waals surface area (Å²) in [6.07, 6.45) is 5.37. The lowest BCUT2D eigenvalue weighted by molar-refractivity contribution is -0.659. The van der Waals surface area contributed by atoms with Crippen molar-refractivity contribution in [3.05, 3.63) is 42.1 Å². The van der Waals surface area contributed by atoms with Gasteiger partial charge in [0.15, 0.2) is 6.20 Å². The van der Waals surface area contributed by atoms with Gasteiger partial charge in [-0.15, -0.1) is 0 Å². The number of anilines is 1. The maximum atomic E-state index is 3.69. The van der Waals surface area contributed by atoms with Gasteiger partial charge < -0.3 is 5.32 Å². The molecule has 0 aliphatic carbocycles. The summed E-state index contributed by atoms with van der Waals surface area (Å²) >= 11 is 0. The third-order valence-electron chi connectivity index (χ3n) is 5.75. The van der Waals surface area contributed by atoms with Gasteiger partial charge in [0.1, 0.15) is 7.05 Å². The molecule has 1 N–H and O–H groups in total. The largest absolute Gasteiger partial charge is 0.385 e. The Bertz CT molecular complexity index is 717. The predicted octanol–water partition coefficient (Wildman–Crippen LogP) is 3.36. The van der Waals surface area contributed by atoms with Crippen LogP contribution in [0.2, 0.25) is 18.1 Å². The van der Waals surface area contributed by atoms with E-state index in [1.807, 2.05) is 0 Å². The number of rotatable bonds is 1. The van der Waals surface area contributed by atoms with Crippen molar-refractivity contribution in [2.75, 3.05) is 11.9 Å². The molecule has 0 amide bonds. The van der Waals surface area contributed by atoms with E-state index in [4.69, 9.17) is 0 Å². The van der Waals surface area contributed by atoms with Crippen LogP contribution < -0.4 is 15.1 Å². The SMILES string of the molecule is Cc1ccccc1-c1cc2c(c[n+]1C)[Si]1(CCCC1)CCN2. The number of nitrogens with one attached hydrogen (secondary N) is 1. The quantitative estimate of drug-likeness (QED) is 0.631. The minimum Gasteiger partial charge on any atom is -0.385 e. The lowest BCUT2D eigenvalue weighted by Gasteiger charge is -2.33. The summed E-state index contributed by atoms with van der Waals surface area (Å²) < 4.78 is 2.36. The Balaban J connectivity index is 1.86. The number of fused-ring (bicyclic) bond motifs is 2. The molecule has 0 radical (unpaired) electrons. The Morgan fingerprint density at radius 1 is 1.09 bits per heavy atom. The molecule has 1 spiro atoms. The van der Waals surface area contributed by atoms with Gasteiger partial charge in [-0.3, -0.25) is 0 Å². The molecule has 3 heteroatoms. The predicted molar refractivity (Wildman–Crippen MR) is 95.3 cm³/mol. The zero-order valence-electron chi connectivity index (χ0n) is 13.7. The smallest absolute Gasteiger partial charge is 0.214 e. The van der Waals surface area contributed by atoms with E-state index in [-0.39, 0.29) is 0 Å². The number of nitrogens with zero attached hydrogens (tertiary/aromatic N) is 1. The van der Waals surface area contributed by atoms with Gasteiger partial charge in [-0.25, -0.2) is 4.57 Å². The molecule has 2 aliphatic heterocycles. The van der Waals surface area contributed by atoms with Crippen molar-refractivity contribution < 1.29 is 4.57 Å². The minimum absolute atomic E-state index is 1.18. The number of hydrogen-bond donors (Lipinski definition) is 1. The first-order chi connectivity index (χ1) is 10.7. The Labute approximate surface area is 134 Å². The molecular formula is C19H25N2Si+. The van der Waals surface area contributed by atoms with Crippen LogP contribution in [0.1, 0.15) is 18.4 Å². The monoisotopic (exact) mass is 309 g/mol. The van der Waals surface area contributed by atoms with Gasteiger partial charge >= 0.3 is 0 Å². The topological polar surface area (TPSA) is 15.9 Å². The van der Waals surface area contributed by atoms with Crippen molar-refractivity contribution in [2.24, 2.45) is 7.05 Å². The van der Waals surface area contributed by atoms with Crippen molar-refractivity contribution in [2.45, 2.75) is 37.9 Å². The highest BCUT2D eigenvalue weighted by molar-refractivity contribution is 6.93. The highest BCUT2D eigenvalue weighted by Gasteiger charge is 2.43. The summed E-state index contributed by atoms with van der Waals surface area (Å²) in [6.45, 7) is 3.38. The van der Waals surface area contributed by atoms with Crippen LogP contribution in [-0.2, 0) is 7.05 Å². The second-order valence-corrected chi connectivity index (χ2v) is 11.7. The van der Waals surface area contributed by atoms with Crippen LogP contribution in [0.3, 0.4) is 0 Å². The molecule has 114 valence electrons. The van der Waals surface area contributed by atoms with Gasteiger partial charge in [0.05, 0.1) is 8.07 Å². The number of hydrogen-bond acceptors (Lipinski definition) is 1. The van der Waals surface area contributed by atoms with Crippen LogP contribution in [0.15, 0.2) is 36.5 Å². The standard InChI is InChI=1S/C19H24N2Si/c1-15-7-3-4-8-16(15)18-13-17-19(14-21(18)2)22(12-9-20-17)10-5-6-11-22/h3-4,7-8,13-14H,5-6,9-12H2,1-2H3/p+1. The average Bonchev–Trinajstić information content (AvgIpc) is 2.98. The summed E-state index contributed by atoms with van der Waals surface area (Å²) in [4.78, 5) is 0. The van der Waals surface area contributed by atoms with Crippen molar-refractivity contribution in [3.8, 4) is 11.3 Å². The molecule has 22 heavy (non-hydrogen) atoms. The van der Waals surface area contributed by atoms with E-state index in [1.54, 1.807) is 5.19 Å². The van der Waals surface area contributed by atoms with Crippen molar-refractivity contribution in [3.63, 3.8) is 0 Å². The van der Waals surface area contributed by atoms with Crippen molar-refractivity contribution in [1.29, 1.82) is 0 Å². The Hall–Kier alpha value is -1.61. The molecule has 2 aliphatic rings. The summed E-state index contributed by atoms with van der Waals surface area (Å²) in [6, 6.07) is 15.6. The lowest BCUT2D eigenvalue weighted by Crippen LogP contribution is -2.54. The highest BCUT2D eigenvalue weighted by atomic mass is 28.3. The van der Waals surface area contributed by atoms with Crippen LogP contribution >= 0.6 is 0 Å². The zero-order chi connectivity index (χ0) is 15.2. The maximum absolute atomic E-state index is 3.69. The first-order valence-corrected chi connectivity index (χ1v) is 11.2. The molecule has 0 atom stereocenters. The molecule has 0 bridgehead atoms. The van der Waals surface area contributed by atoms with E-state index in [2.05, 4.69) is 60.4 Å². The zero-order valence-corrected chi connectivity index (χ0v) is 14.7. The third kappa shape index (κ3) is 2.10. The molecule has 2 aromatic rings. The van der Waals surface area contributed by atoms with Crippen LogP contribution in [0.4, 0.5) is 5.69 Å². The van der Waals surface area contributed by atoms with E-state index in [9.17, 15) is 0 Å². The Morgan fingerprint density at radius 3 is 2.64 bits per heavy atom.